The summed E-state index contributed by atoms with van der Waals surface area (Å²) in [6.07, 6.45) is 5.62. The predicted octanol–water partition coefficient (Wildman–Crippen LogP) is 5.96. The van der Waals surface area contributed by atoms with Crippen molar-refractivity contribution in [1.82, 2.24) is 19.8 Å². The number of pyridine rings is 1. The van der Waals surface area contributed by atoms with E-state index in [1.807, 2.05) is 0 Å². The molecule has 0 atom stereocenters. The number of benzene rings is 1. The van der Waals surface area contributed by atoms with Gasteiger partial charge in [0.05, 0.1) is 16.9 Å². The highest BCUT2D eigenvalue weighted by atomic mass is 15.3. The van der Waals surface area contributed by atoms with Gasteiger partial charge in [-0.05, 0) is 55.0 Å². The molecule has 1 fully saturated rings. The number of nitrogens with zero attached hydrogens (tertiary/aromatic N) is 3. The van der Waals surface area contributed by atoms with Gasteiger partial charge in [0.15, 0.2) is 0 Å². The minimum absolute atomic E-state index is 0.211. The van der Waals surface area contributed by atoms with E-state index < -0.39 is 0 Å². The van der Waals surface area contributed by atoms with Crippen molar-refractivity contribution in [1.29, 1.82) is 0 Å². The first-order valence-electron chi connectivity index (χ1n) is 11.9. The molecular formula is C29H34N4. The zero-order chi connectivity index (χ0) is 23.3. The first kappa shape index (κ1) is 21.6. The van der Waals surface area contributed by atoms with Crippen LogP contribution >= 0.6 is 0 Å². The molecule has 2 aliphatic rings. The summed E-state index contributed by atoms with van der Waals surface area (Å²) in [4.78, 5) is 7.51. The Morgan fingerprint density at radius 3 is 2.73 bits per heavy atom. The average molecular weight is 439 g/mol. The Labute approximate surface area is 197 Å². The summed E-state index contributed by atoms with van der Waals surface area (Å²) >= 11 is 0. The van der Waals surface area contributed by atoms with Crippen molar-refractivity contribution in [2.24, 2.45) is 5.92 Å². The molecule has 1 aromatic carbocycles. The molecule has 0 saturated carbocycles. The molecule has 3 heterocycles. The molecule has 0 bridgehead atoms. The molecule has 0 radical (unpaired) electrons. The van der Waals surface area contributed by atoms with Crippen molar-refractivity contribution >= 4 is 28.4 Å². The zero-order valence-corrected chi connectivity index (χ0v) is 20.3. The van der Waals surface area contributed by atoms with E-state index >= 15 is 0 Å². The fourth-order valence-corrected chi connectivity index (χ4v) is 5.15. The van der Waals surface area contributed by atoms with Crippen molar-refractivity contribution in [3.8, 4) is 0 Å². The fraction of sp³-hybridized carbons (Fsp3) is 0.345. The van der Waals surface area contributed by atoms with Gasteiger partial charge in [-0.25, -0.2) is 4.98 Å². The lowest BCUT2D eigenvalue weighted by Crippen LogP contribution is -2.54. The highest BCUT2D eigenvalue weighted by Crippen LogP contribution is 2.37. The standard InChI is InChI=1S/C29H34N4/c1-19(2)17-32-18-26(24-15-22-9-7-8-10-23(22)16-24)25-11-12-27(31-28(25)32)20(3)33-14-13-30-21(4)29(33,5)6/h7-12,15,18-19,30H,3-4,13-14,16-17H2,1-2,5-6H3. The molecule has 1 aliphatic heterocycles. The van der Waals surface area contributed by atoms with Crippen LogP contribution in [0.15, 0.2) is 61.4 Å². The van der Waals surface area contributed by atoms with E-state index in [9.17, 15) is 0 Å². The lowest BCUT2D eigenvalue weighted by molar-refractivity contribution is 0.201. The molecular weight excluding hydrogens is 404 g/mol. The number of allylic oxidation sites excluding steroid dienone is 1. The van der Waals surface area contributed by atoms with Crippen molar-refractivity contribution in [2.45, 2.75) is 46.2 Å². The van der Waals surface area contributed by atoms with Gasteiger partial charge in [0.1, 0.15) is 5.65 Å². The molecule has 0 spiro atoms. The van der Waals surface area contributed by atoms with E-state index in [2.05, 4.69) is 104 Å². The first-order valence-corrected chi connectivity index (χ1v) is 11.9. The van der Waals surface area contributed by atoms with E-state index in [1.165, 1.54) is 27.6 Å². The van der Waals surface area contributed by atoms with Gasteiger partial charge in [0.25, 0.3) is 0 Å². The molecule has 4 heteroatoms. The highest BCUT2D eigenvalue weighted by molar-refractivity contribution is 5.99. The summed E-state index contributed by atoms with van der Waals surface area (Å²) in [5, 5.41) is 4.62. The Kier molecular flexibility index (Phi) is 5.19. The molecule has 2 aromatic heterocycles. The highest BCUT2D eigenvalue weighted by Gasteiger charge is 2.34. The van der Waals surface area contributed by atoms with Crippen molar-refractivity contribution < 1.29 is 0 Å². The van der Waals surface area contributed by atoms with Gasteiger partial charge in [-0.3, -0.25) is 0 Å². The topological polar surface area (TPSA) is 33.1 Å². The summed E-state index contributed by atoms with van der Waals surface area (Å²) in [5.74, 6) is 0.535. The summed E-state index contributed by atoms with van der Waals surface area (Å²) < 4.78 is 2.33. The third-order valence-electron chi connectivity index (χ3n) is 7.10. The molecule has 0 amide bonds. The summed E-state index contributed by atoms with van der Waals surface area (Å²) in [6, 6.07) is 13.1. The van der Waals surface area contributed by atoms with Crippen LogP contribution in [-0.4, -0.2) is 33.1 Å². The number of rotatable bonds is 5. The smallest absolute Gasteiger partial charge is 0.141 e. The Bertz CT molecular complexity index is 1290. The van der Waals surface area contributed by atoms with Crippen LogP contribution in [0, 0.1) is 5.92 Å². The van der Waals surface area contributed by atoms with Crippen LogP contribution in [0.4, 0.5) is 0 Å². The number of nitrogens with one attached hydrogen (secondary N) is 1. The number of hydrogen-bond acceptors (Lipinski definition) is 3. The second-order valence-electron chi connectivity index (χ2n) is 10.3. The monoisotopic (exact) mass is 438 g/mol. The fourth-order valence-electron chi connectivity index (χ4n) is 5.15. The second-order valence-corrected chi connectivity index (χ2v) is 10.3. The second kappa shape index (κ2) is 7.95. The lowest BCUT2D eigenvalue weighted by atomic mass is 9.95. The third-order valence-corrected chi connectivity index (χ3v) is 7.10. The van der Waals surface area contributed by atoms with Crippen LogP contribution in [-0.2, 0) is 13.0 Å². The number of hydrogen-bond donors (Lipinski definition) is 1. The van der Waals surface area contributed by atoms with Crippen LogP contribution in [0.1, 0.15) is 50.1 Å². The van der Waals surface area contributed by atoms with E-state index in [4.69, 9.17) is 4.98 Å². The molecule has 0 unspecified atom stereocenters. The van der Waals surface area contributed by atoms with E-state index in [0.29, 0.717) is 5.92 Å². The van der Waals surface area contributed by atoms with Gasteiger partial charge in [-0.1, -0.05) is 57.3 Å². The number of aromatic nitrogens is 2. The van der Waals surface area contributed by atoms with Gasteiger partial charge < -0.3 is 14.8 Å². The minimum Gasteiger partial charge on any atom is -0.385 e. The SMILES string of the molecule is C=C(c1ccc2c(C3=Cc4ccccc4C3)cn(CC(C)C)c2n1)N1CCNC(=C)C1(C)C. The Balaban J connectivity index is 1.57. The predicted molar refractivity (Wildman–Crippen MR) is 140 cm³/mol. The maximum atomic E-state index is 5.18. The number of piperazine rings is 1. The van der Waals surface area contributed by atoms with Gasteiger partial charge in [0.2, 0.25) is 0 Å². The largest absolute Gasteiger partial charge is 0.385 e. The van der Waals surface area contributed by atoms with Gasteiger partial charge in [-0.2, -0.15) is 0 Å². The average Bonchev–Trinajstić information content (AvgIpc) is 3.36. The van der Waals surface area contributed by atoms with Crippen molar-refractivity contribution in [3.05, 3.63) is 83.8 Å². The maximum absolute atomic E-state index is 5.18. The summed E-state index contributed by atoms with van der Waals surface area (Å²) in [6.45, 7) is 20.3. The molecule has 5 rings (SSSR count). The van der Waals surface area contributed by atoms with E-state index in [-0.39, 0.29) is 5.54 Å². The van der Waals surface area contributed by atoms with Crippen molar-refractivity contribution in [3.63, 3.8) is 0 Å². The van der Waals surface area contributed by atoms with Gasteiger partial charge >= 0.3 is 0 Å². The summed E-state index contributed by atoms with van der Waals surface area (Å²) in [5.41, 5.74) is 9.14. The molecule has 1 saturated heterocycles. The van der Waals surface area contributed by atoms with Crippen LogP contribution in [0.5, 0.6) is 0 Å². The zero-order valence-electron chi connectivity index (χ0n) is 20.3. The molecule has 1 aliphatic carbocycles. The third kappa shape index (κ3) is 3.68. The first-order chi connectivity index (χ1) is 15.8. The minimum atomic E-state index is -0.211. The molecule has 33 heavy (non-hydrogen) atoms. The Morgan fingerprint density at radius 2 is 1.97 bits per heavy atom. The van der Waals surface area contributed by atoms with Crippen LogP contribution < -0.4 is 5.32 Å². The summed E-state index contributed by atoms with van der Waals surface area (Å²) in [7, 11) is 0. The molecule has 1 N–H and O–H groups in total. The molecule has 4 nitrogen and oxygen atoms in total. The molecule has 3 aromatic rings. The Hall–Kier alpha value is -3.27. The normalized spacial score (nSPS) is 17.3. The van der Waals surface area contributed by atoms with Gasteiger partial charge in [0, 0.05) is 42.5 Å². The quantitative estimate of drug-likeness (QED) is 0.534. The van der Waals surface area contributed by atoms with E-state index in [0.717, 1.165) is 48.8 Å². The number of fused-ring (bicyclic) bond motifs is 2. The maximum Gasteiger partial charge on any atom is 0.141 e. The molecule has 170 valence electrons. The lowest BCUT2D eigenvalue weighted by Gasteiger charge is -2.46. The Morgan fingerprint density at radius 1 is 1.18 bits per heavy atom. The van der Waals surface area contributed by atoms with Crippen LogP contribution in [0.2, 0.25) is 0 Å². The van der Waals surface area contributed by atoms with Crippen molar-refractivity contribution in [2.75, 3.05) is 13.1 Å². The van der Waals surface area contributed by atoms with E-state index in [1.54, 1.807) is 0 Å². The van der Waals surface area contributed by atoms with Gasteiger partial charge in [-0.15, -0.1) is 0 Å². The van der Waals surface area contributed by atoms with Crippen LogP contribution in [0.25, 0.3) is 28.4 Å². The van der Waals surface area contributed by atoms with Crippen LogP contribution in [0.3, 0.4) is 0 Å².